The van der Waals surface area contributed by atoms with Gasteiger partial charge in [-0.15, -0.1) is 11.8 Å². The lowest BCUT2D eigenvalue weighted by Gasteiger charge is -2.43. The summed E-state index contributed by atoms with van der Waals surface area (Å²) in [6, 6.07) is 26.8. The average molecular weight is 749 g/mol. The summed E-state index contributed by atoms with van der Waals surface area (Å²) in [5.41, 5.74) is 3.96. The van der Waals surface area contributed by atoms with Crippen molar-refractivity contribution < 1.29 is 19.2 Å². The van der Waals surface area contributed by atoms with Gasteiger partial charge in [0.2, 0.25) is 23.6 Å². The number of thioether (sulfide) groups is 1. The van der Waals surface area contributed by atoms with E-state index in [9.17, 15) is 19.2 Å². The van der Waals surface area contributed by atoms with Crippen molar-refractivity contribution >= 4 is 41.1 Å². The minimum atomic E-state index is -0.614. The molecule has 3 heterocycles. The van der Waals surface area contributed by atoms with Crippen LogP contribution in [0.1, 0.15) is 87.8 Å². The van der Waals surface area contributed by atoms with Crippen LogP contribution in [0.15, 0.2) is 84.9 Å². The predicted octanol–water partition coefficient (Wildman–Crippen LogP) is 7.23. The van der Waals surface area contributed by atoms with Gasteiger partial charge in [0.15, 0.2) is 0 Å². The highest BCUT2D eigenvalue weighted by Gasteiger charge is 2.61. The van der Waals surface area contributed by atoms with Gasteiger partial charge in [-0.3, -0.25) is 19.2 Å². The maximum atomic E-state index is 14.4. The number of hydrogen-bond donors (Lipinski definition) is 2. The molecule has 3 saturated heterocycles. The third-order valence-corrected chi connectivity index (χ3v) is 13.8. The van der Waals surface area contributed by atoms with E-state index < -0.39 is 23.9 Å². The third-order valence-electron chi connectivity index (χ3n) is 12.5. The zero-order valence-corrected chi connectivity index (χ0v) is 32.7. The lowest BCUT2D eigenvalue weighted by molar-refractivity contribution is -0.142. The first-order chi connectivity index (χ1) is 26.2. The van der Waals surface area contributed by atoms with Gasteiger partial charge in [0.05, 0.1) is 5.37 Å². The monoisotopic (exact) mass is 748 g/mol. The van der Waals surface area contributed by atoms with E-state index >= 15 is 0 Å². The molecule has 0 aromatic heterocycles. The van der Waals surface area contributed by atoms with E-state index in [1.165, 1.54) is 0 Å². The van der Waals surface area contributed by atoms with Crippen molar-refractivity contribution in [3.63, 3.8) is 0 Å². The van der Waals surface area contributed by atoms with Crippen LogP contribution >= 0.6 is 11.8 Å². The highest BCUT2D eigenvalue weighted by molar-refractivity contribution is 7.99. The van der Waals surface area contributed by atoms with E-state index in [1.54, 1.807) is 0 Å². The smallest absolute Gasteiger partial charge is 0.249 e. The van der Waals surface area contributed by atoms with Crippen molar-refractivity contribution in [1.82, 2.24) is 15.5 Å². The molecule has 8 nitrogen and oxygen atoms in total. The number of nitrogens with one attached hydrogen (secondary N) is 2. The Bertz CT molecular complexity index is 1790. The Kier molecular flexibility index (Phi) is 12.1. The van der Waals surface area contributed by atoms with E-state index in [-0.39, 0.29) is 34.5 Å². The molecule has 54 heavy (non-hydrogen) atoms. The van der Waals surface area contributed by atoms with Gasteiger partial charge in [-0.2, -0.15) is 0 Å². The second-order valence-electron chi connectivity index (χ2n) is 16.2. The summed E-state index contributed by atoms with van der Waals surface area (Å²) in [5, 5.41) is 6.64. The number of para-hydroxylation sites is 1. The molecule has 1 spiro atoms. The molecule has 286 valence electrons. The van der Waals surface area contributed by atoms with E-state index in [0.717, 1.165) is 66.7 Å². The second-order valence-corrected chi connectivity index (χ2v) is 17.5. The van der Waals surface area contributed by atoms with Gasteiger partial charge in [0.25, 0.3) is 0 Å². The fourth-order valence-electron chi connectivity index (χ4n) is 9.25. The molecule has 3 aliphatic heterocycles. The number of carbonyl (C=O) groups is 4. The van der Waals surface area contributed by atoms with Gasteiger partial charge < -0.3 is 20.4 Å². The first-order valence-corrected chi connectivity index (χ1v) is 21.3. The number of piperidine rings is 1. The Morgan fingerprint density at radius 1 is 0.759 bits per heavy atom. The van der Waals surface area contributed by atoms with Crippen LogP contribution in [0.25, 0.3) is 0 Å². The van der Waals surface area contributed by atoms with E-state index in [0.29, 0.717) is 51.0 Å². The molecule has 2 unspecified atom stereocenters. The average Bonchev–Trinajstić information content (AvgIpc) is 3.89. The molecule has 0 radical (unpaired) electrons. The second kappa shape index (κ2) is 17.1. The molecule has 3 aromatic rings. The minimum Gasteiger partial charge on any atom is -0.344 e. The number of benzene rings is 3. The number of nitrogens with zero attached hydrogens (tertiary/aromatic N) is 2. The van der Waals surface area contributed by atoms with Gasteiger partial charge in [0.1, 0.15) is 12.1 Å². The summed E-state index contributed by atoms with van der Waals surface area (Å²) in [4.78, 5) is 60.9. The lowest BCUT2D eigenvalue weighted by Crippen LogP contribution is -2.57. The zero-order chi connectivity index (χ0) is 37.7. The Hall–Kier alpha value is -4.11. The van der Waals surface area contributed by atoms with Crippen molar-refractivity contribution in [2.45, 2.75) is 114 Å². The number of rotatable bonds is 12. The molecule has 7 atom stereocenters. The molecule has 3 aromatic carbocycles. The summed E-state index contributed by atoms with van der Waals surface area (Å²) < 4.78 is 0. The van der Waals surface area contributed by atoms with Gasteiger partial charge in [-0.05, 0) is 118 Å². The van der Waals surface area contributed by atoms with E-state index in [1.807, 2.05) is 109 Å². The maximum absolute atomic E-state index is 14.4. The number of hydrogen-bond acceptors (Lipinski definition) is 5. The standard InChI is InChI=1S/C45H56N4O4S/c1-31-14-9-10-20-39(31)48-26-12-11-19-37(43(48)52)46-41(50)35(28-33-15-5-3-6-16-33)22-23-36(29-34-17-7-4-8-18-34)42(51)47-38-24-27-54-40-21-13-25-45(30-32(45)2)49(40)44(38)53/h3-10,14-18,20,32,35-38,40H,11-13,19,21-30H2,1-2H3,(H,46,50)(H,47,51)/t32?,35-,36-,37+,38+,40+,45?/m1/s1. The summed E-state index contributed by atoms with van der Waals surface area (Å²) in [6.07, 6.45) is 9.17. The Labute approximate surface area is 325 Å². The number of fused-ring (bicyclic) bond motifs is 2. The fourth-order valence-corrected chi connectivity index (χ4v) is 10.7. The van der Waals surface area contributed by atoms with Gasteiger partial charge in [-0.25, -0.2) is 0 Å². The van der Waals surface area contributed by atoms with Crippen LogP contribution in [0.4, 0.5) is 5.69 Å². The molecule has 7 rings (SSSR count). The fraction of sp³-hybridized carbons (Fsp3) is 0.511. The number of aryl methyl sites for hydroxylation is 1. The van der Waals surface area contributed by atoms with Crippen LogP contribution in [0.2, 0.25) is 0 Å². The first kappa shape index (κ1) is 38.2. The van der Waals surface area contributed by atoms with Crippen molar-refractivity contribution in [2.24, 2.45) is 17.8 Å². The number of anilines is 1. The summed E-state index contributed by atoms with van der Waals surface area (Å²) >= 11 is 1.87. The highest BCUT2D eigenvalue weighted by atomic mass is 32.2. The van der Waals surface area contributed by atoms with Crippen LogP contribution < -0.4 is 15.5 Å². The Morgan fingerprint density at radius 3 is 1.93 bits per heavy atom. The molecule has 2 N–H and O–H groups in total. The van der Waals surface area contributed by atoms with Crippen molar-refractivity contribution in [3.8, 4) is 0 Å². The quantitative estimate of drug-likeness (QED) is 0.204. The first-order valence-electron chi connectivity index (χ1n) is 20.2. The largest absolute Gasteiger partial charge is 0.344 e. The SMILES string of the molecule is Cc1ccccc1N1CCCC[C@H](NC(=O)[C@H](CC[C@H](Cc2ccccc2)C(=O)N[C@H]2CCS[C@H]3CCCC4(CC4C)N3C2=O)Cc2ccccc2)C1=O. The van der Waals surface area contributed by atoms with Crippen molar-refractivity contribution in [3.05, 3.63) is 102 Å². The van der Waals surface area contributed by atoms with Crippen LogP contribution in [0.3, 0.4) is 0 Å². The van der Waals surface area contributed by atoms with Crippen LogP contribution in [0.5, 0.6) is 0 Å². The molecule has 1 saturated carbocycles. The molecule has 4 amide bonds. The maximum Gasteiger partial charge on any atom is 0.249 e. The van der Waals surface area contributed by atoms with E-state index in [4.69, 9.17) is 0 Å². The summed E-state index contributed by atoms with van der Waals surface area (Å²) in [6.45, 7) is 4.89. The molecular formula is C45H56N4O4S. The van der Waals surface area contributed by atoms with E-state index in [2.05, 4.69) is 22.5 Å². The molecular weight excluding hydrogens is 693 g/mol. The lowest BCUT2D eigenvalue weighted by atomic mass is 9.86. The van der Waals surface area contributed by atoms with Crippen LogP contribution in [-0.2, 0) is 32.0 Å². The van der Waals surface area contributed by atoms with Gasteiger partial charge in [0, 0.05) is 29.6 Å². The molecule has 0 bridgehead atoms. The number of amides is 4. The third kappa shape index (κ3) is 8.56. The molecule has 4 aliphatic rings. The van der Waals surface area contributed by atoms with Crippen LogP contribution in [-0.4, -0.2) is 63.8 Å². The Morgan fingerprint density at radius 2 is 1.33 bits per heavy atom. The molecule has 1 aliphatic carbocycles. The van der Waals surface area contributed by atoms with Gasteiger partial charge >= 0.3 is 0 Å². The molecule has 9 heteroatoms. The highest BCUT2D eigenvalue weighted by Crippen LogP contribution is 2.57. The zero-order valence-electron chi connectivity index (χ0n) is 31.9. The normalized spacial score (nSPS) is 26.6. The van der Waals surface area contributed by atoms with Crippen LogP contribution in [0, 0.1) is 24.7 Å². The predicted molar refractivity (Wildman–Crippen MR) is 216 cm³/mol. The number of carbonyl (C=O) groups excluding carboxylic acids is 4. The Balaban J connectivity index is 1.08. The molecule has 4 fully saturated rings. The minimum absolute atomic E-state index is 0.0442. The summed E-state index contributed by atoms with van der Waals surface area (Å²) in [7, 11) is 0. The van der Waals surface area contributed by atoms with Gasteiger partial charge in [-0.1, -0.05) is 85.8 Å². The topological polar surface area (TPSA) is 98.8 Å². The van der Waals surface area contributed by atoms with Crippen molar-refractivity contribution in [1.29, 1.82) is 0 Å². The van der Waals surface area contributed by atoms with Crippen molar-refractivity contribution in [2.75, 3.05) is 17.2 Å². The summed E-state index contributed by atoms with van der Waals surface area (Å²) in [5.74, 6) is 0.200.